The van der Waals surface area contributed by atoms with Crippen LogP contribution in [0.5, 0.6) is 11.8 Å². The lowest BCUT2D eigenvalue weighted by Gasteiger charge is -2.34. The summed E-state index contributed by atoms with van der Waals surface area (Å²) in [6, 6.07) is 2.90. The van der Waals surface area contributed by atoms with Crippen LogP contribution in [0.4, 0.5) is 23.2 Å². The number of hydrogen-bond donors (Lipinski definition) is 1. The number of aromatic hydroxyl groups is 1. The van der Waals surface area contributed by atoms with Crippen LogP contribution < -0.4 is 20.2 Å². The Hall–Kier alpha value is -3.44. The fourth-order valence-electron chi connectivity index (χ4n) is 7.02. The number of aromatic nitrogens is 2. The first-order valence-electron chi connectivity index (χ1n) is 18.2. The first kappa shape index (κ1) is 31.8. The Balaban J connectivity index is 1.52. The van der Waals surface area contributed by atoms with E-state index in [2.05, 4.69) is 16.8 Å². The van der Waals surface area contributed by atoms with E-state index in [1.165, 1.54) is 30.5 Å². The summed E-state index contributed by atoms with van der Waals surface area (Å²) >= 11 is 0. The normalized spacial score (nSPS) is 20.7. The summed E-state index contributed by atoms with van der Waals surface area (Å²) in [6.45, 7) is 6.66. The van der Waals surface area contributed by atoms with Crippen molar-refractivity contribution in [3.05, 3.63) is 51.9 Å². The molecule has 3 aliphatic rings. The summed E-state index contributed by atoms with van der Waals surface area (Å²) in [7, 11) is 0. The molecule has 1 N–H and O–H groups in total. The lowest BCUT2D eigenvalue weighted by molar-refractivity contribution is -0.132. The summed E-state index contributed by atoms with van der Waals surface area (Å²) in [5, 5.41) is 11.7. The standard InChI is InChI=1S/C37H46F4N4O3/c1-4-7-8-9-24(5-2)34-28-20-32(37(39,40)41)45(31-19-26(46)18-25-10-11-29(38)27(6-3)33(25)31)21-30(28)42-35(43-34)48-23-36(12-13-36)22-44-14-16-47-17-15-44/h10-11,18-21,24,32,46H,4-9,12-17,22-23H2,1-3H3/i23D2. The first-order valence-corrected chi connectivity index (χ1v) is 17.2. The quantitative estimate of drug-likeness (QED) is 0.163. The molecule has 1 saturated carbocycles. The molecule has 2 aliphatic heterocycles. The van der Waals surface area contributed by atoms with Gasteiger partial charge in [0.25, 0.3) is 0 Å². The number of phenols is 1. The largest absolute Gasteiger partial charge is 0.508 e. The van der Waals surface area contributed by atoms with Crippen molar-refractivity contribution in [3.63, 3.8) is 0 Å². The Bertz CT molecular complexity index is 1830. The topological polar surface area (TPSA) is 71.0 Å². The fraction of sp³-hybridized carbons (Fsp3) is 0.568. The molecule has 260 valence electrons. The molecule has 6 rings (SSSR count). The van der Waals surface area contributed by atoms with Gasteiger partial charge in [-0.15, -0.1) is 0 Å². The molecule has 3 heterocycles. The van der Waals surface area contributed by atoms with Gasteiger partial charge in [0.1, 0.15) is 17.6 Å². The number of phenolic OH excluding ortho intramolecular Hbond substituents is 1. The average Bonchev–Trinajstić information content (AvgIpc) is 3.87. The van der Waals surface area contributed by atoms with Gasteiger partial charge in [0.05, 0.1) is 39.2 Å². The lowest BCUT2D eigenvalue weighted by atomic mass is 9.92. The summed E-state index contributed by atoms with van der Waals surface area (Å²) in [5.41, 5.74) is -0.172. The van der Waals surface area contributed by atoms with Crippen molar-refractivity contribution < 1.29 is 34.9 Å². The Morgan fingerprint density at radius 3 is 2.56 bits per heavy atom. The zero-order valence-corrected chi connectivity index (χ0v) is 27.9. The first-order chi connectivity index (χ1) is 23.8. The van der Waals surface area contributed by atoms with Crippen molar-refractivity contribution in [2.45, 2.75) is 90.3 Å². The molecular weight excluding hydrogens is 624 g/mol. The number of nitrogens with zero attached hydrogens (tertiary/aromatic N) is 4. The van der Waals surface area contributed by atoms with E-state index in [1.54, 1.807) is 6.92 Å². The van der Waals surface area contributed by atoms with Gasteiger partial charge >= 0.3 is 12.2 Å². The molecule has 48 heavy (non-hydrogen) atoms. The zero-order valence-electron chi connectivity index (χ0n) is 29.9. The number of alkyl halides is 3. The summed E-state index contributed by atoms with van der Waals surface area (Å²) in [6.07, 6.45) is 3.12. The number of hydrogen-bond acceptors (Lipinski definition) is 7. The summed E-state index contributed by atoms with van der Waals surface area (Å²) in [4.78, 5) is 12.4. The maximum absolute atomic E-state index is 15.1. The van der Waals surface area contributed by atoms with E-state index < -0.39 is 30.0 Å². The SMILES string of the molecule is [2H]C([2H])(Oc1nc(C(CC)CCCCC)c2c(n1)=CN(c1cc(O)cc3ccc(F)c(CC)c13)C(C(F)(F)F)C=2)C1(CN2CCOCC2)CC1. The molecule has 7 nitrogen and oxygen atoms in total. The molecule has 1 aromatic heterocycles. The second-order valence-electron chi connectivity index (χ2n) is 13.3. The van der Waals surface area contributed by atoms with Gasteiger partial charge in [0, 0.05) is 53.8 Å². The second kappa shape index (κ2) is 14.2. The minimum absolute atomic E-state index is 0.0176. The Morgan fingerprint density at radius 2 is 1.90 bits per heavy atom. The third kappa shape index (κ3) is 7.27. The van der Waals surface area contributed by atoms with Crippen LogP contribution in [0.15, 0.2) is 24.3 Å². The molecule has 0 amide bonds. The van der Waals surface area contributed by atoms with Gasteiger partial charge in [0.2, 0.25) is 0 Å². The van der Waals surface area contributed by atoms with Gasteiger partial charge < -0.3 is 19.5 Å². The molecule has 0 spiro atoms. The zero-order chi connectivity index (χ0) is 35.8. The number of aryl methyl sites for hydroxylation is 1. The van der Waals surface area contributed by atoms with Crippen LogP contribution in [0.2, 0.25) is 0 Å². The number of benzene rings is 2. The number of morpholine rings is 1. The predicted molar refractivity (Wildman–Crippen MR) is 179 cm³/mol. The van der Waals surface area contributed by atoms with E-state index in [1.807, 2.05) is 6.92 Å². The summed E-state index contributed by atoms with van der Waals surface area (Å²) in [5.74, 6) is -1.04. The van der Waals surface area contributed by atoms with Crippen LogP contribution >= 0.6 is 0 Å². The molecule has 0 bridgehead atoms. The van der Waals surface area contributed by atoms with Crippen molar-refractivity contribution in [1.29, 1.82) is 0 Å². The molecule has 1 saturated heterocycles. The van der Waals surface area contributed by atoms with Crippen LogP contribution in [-0.2, 0) is 11.2 Å². The minimum Gasteiger partial charge on any atom is -0.508 e. The monoisotopic (exact) mass is 672 g/mol. The third-order valence-corrected chi connectivity index (χ3v) is 9.85. The van der Waals surface area contributed by atoms with Crippen LogP contribution in [0, 0.1) is 11.2 Å². The van der Waals surface area contributed by atoms with Gasteiger partial charge in [-0.1, -0.05) is 46.1 Å². The fourth-order valence-corrected chi connectivity index (χ4v) is 7.02. The number of rotatable bonds is 13. The van der Waals surface area contributed by atoms with Crippen molar-refractivity contribution in [3.8, 4) is 11.8 Å². The average molecular weight is 673 g/mol. The highest BCUT2D eigenvalue weighted by Gasteiger charge is 2.46. The van der Waals surface area contributed by atoms with Crippen molar-refractivity contribution in [2.75, 3.05) is 44.3 Å². The van der Waals surface area contributed by atoms with E-state index >= 15 is 17.6 Å². The molecule has 3 aromatic rings. The molecular formula is C37H46F4N4O3. The van der Waals surface area contributed by atoms with Crippen molar-refractivity contribution >= 4 is 28.7 Å². The maximum Gasteiger partial charge on any atom is 0.412 e. The van der Waals surface area contributed by atoms with Crippen LogP contribution in [0.3, 0.4) is 0 Å². The second-order valence-corrected chi connectivity index (χ2v) is 13.3. The van der Waals surface area contributed by atoms with E-state index in [-0.39, 0.29) is 51.3 Å². The van der Waals surface area contributed by atoms with Crippen LogP contribution in [-0.4, -0.2) is 71.6 Å². The molecule has 2 aromatic carbocycles. The van der Waals surface area contributed by atoms with Gasteiger partial charge in [-0.05, 0) is 61.3 Å². The minimum atomic E-state index is -4.77. The third-order valence-electron chi connectivity index (χ3n) is 9.85. The molecule has 0 radical (unpaired) electrons. The van der Waals surface area contributed by atoms with Crippen molar-refractivity contribution in [2.24, 2.45) is 5.41 Å². The predicted octanol–water partition coefficient (Wildman–Crippen LogP) is 6.57. The highest BCUT2D eigenvalue weighted by Crippen LogP contribution is 2.46. The maximum atomic E-state index is 15.1. The molecule has 11 heteroatoms. The smallest absolute Gasteiger partial charge is 0.412 e. The Morgan fingerprint density at radius 1 is 1.12 bits per heavy atom. The van der Waals surface area contributed by atoms with Crippen LogP contribution in [0.25, 0.3) is 23.0 Å². The van der Waals surface area contributed by atoms with Crippen molar-refractivity contribution in [1.82, 2.24) is 14.9 Å². The van der Waals surface area contributed by atoms with E-state index in [4.69, 9.17) is 17.2 Å². The molecule has 2 fully saturated rings. The van der Waals surface area contributed by atoms with E-state index in [0.717, 1.165) is 30.2 Å². The highest BCUT2D eigenvalue weighted by molar-refractivity contribution is 6.00. The molecule has 2 unspecified atom stereocenters. The van der Waals surface area contributed by atoms with Crippen LogP contribution in [0.1, 0.15) is 85.6 Å². The number of fused-ring (bicyclic) bond motifs is 2. The van der Waals surface area contributed by atoms with Gasteiger partial charge in [0.15, 0.2) is 0 Å². The van der Waals surface area contributed by atoms with E-state index in [0.29, 0.717) is 69.6 Å². The van der Waals surface area contributed by atoms with Gasteiger partial charge in [-0.25, -0.2) is 4.39 Å². The van der Waals surface area contributed by atoms with Gasteiger partial charge in [-0.2, -0.15) is 23.1 Å². The number of halogens is 4. The Labute approximate surface area is 282 Å². The van der Waals surface area contributed by atoms with Gasteiger partial charge in [-0.3, -0.25) is 4.90 Å². The van der Waals surface area contributed by atoms with E-state index in [9.17, 15) is 5.11 Å². The molecule has 1 aliphatic carbocycles. The summed E-state index contributed by atoms with van der Waals surface area (Å²) < 4.78 is 90.0. The highest BCUT2D eigenvalue weighted by atomic mass is 19.4. The number of ether oxygens (including phenoxy) is 2. The Kier molecular flexibility index (Phi) is 9.40. The number of anilines is 1. The lowest BCUT2D eigenvalue weighted by Crippen LogP contribution is -2.51. The molecule has 2 atom stereocenters. The number of unbranched alkanes of at least 4 members (excludes halogenated alkanes) is 2.